The third kappa shape index (κ3) is 2.57. The lowest BCUT2D eigenvalue weighted by Crippen LogP contribution is -2.64. The van der Waals surface area contributed by atoms with E-state index in [2.05, 4.69) is 0 Å². The van der Waals surface area contributed by atoms with Crippen molar-refractivity contribution < 1.29 is 24.5 Å². The number of aliphatic hydroxyl groups excluding tert-OH is 1. The second-order valence-electron chi connectivity index (χ2n) is 6.61. The van der Waals surface area contributed by atoms with Gasteiger partial charge < -0.3 is 24.6 Å². The van der Waals surface area contributed by atoms with Gasteiger partial charge in [-0.2, -0.15) is 0 Å². The summed E-state index contributed by atoms with van der Waals surface area (Å²) in [6.45, 7) is 6.50. The summed E-state index contributed by atoms with van der Waals surface area (Å²) in [6.07, 6.45) is 0.162. The molecular weight excluding hydrogens is 250 g/mol. The lowest BCUT2D eigenvalue weighted by Gasteiger charge is -2.49. The first-order valence-electron chi connectivity index (χ1n) is 6.60. The van der Waals surface area contributed by atoms with Gasteiger partial charge in [0.05, 0.1) is 19.8 Å². The first kappa shape index (κ1) is 14.6. The average Bonchev–Trinajstić information content (AvgIpc) is 2.69. The highest BCUT2D eigenvalue weighted by Crippen LogP contribution is 2.44. The number of likely N-dealkylation sites (tertiary alicyclic amines) is 1. The van der Waals surface area contributed by atoms with Crippen LogP contribution in [0, 0.1) is 5.41 Å². The van der Waals surface area contributed by atoms with Crippen molar-refractivity contribution in [1.82, 2.24) is 4.90 Å². The Hall–Kier alpha value is -0.850. The molecule has 0 aromatic carbocycles. The van der Waals surface area contributed by atoms with Crippen LogP contribution in [0.3, 0.4) is 0 Å². The molecule has 2 fully saturated rings. The molecule has 1 amide bonds. The van der Waals surface area contributed by atoms with Gasteiger partial charge >= 0.3 is 6.09 Å². The molecule has 2 rings (SSSR count). The number of ether oxygens (including phenoxy) is 2. The molecule has 6 nitrogen and oxygen atoms in total. The van der Waals surface area contributed by atoms with Crippen LogP contribution < -0.4 is 0 Å². The van der Waals surface area contributed by atoms with Gasteiger partial charge in [-0.25, -0.2) is 4.79 Å². The second-order valence-corrected chi connectivity index (χ2v) is 6.61. The molecule has 1 atom stereocenters. The van der Waals surface area contributed by atoms with E-state index in [9.17, 15) is 15.0 Å². The van der Waals surface area contributed by atoms with Gasteiger partial charge in [-0.3, -0.25) is 0 Å². The molecule has 0 radical (unpaired) electrons. The van der Waals surface area contributed by atoms with E-state index < -0.39 is 22.7 Å². The van der Waals surface area contributed by atoms with Crippen LogP contribution in [0.1, 0.15) is 27.2 Å². The maximum Gasteiger partial charge on any atom is 0.410 e. The third-order valence-corrected chi connectivity index (χ3v) is 3.98. The van der Waals surface area contributed by atoms with Crippen molar-refractivity contribution in [3.8, 4) is 0 Å². The van der Waals surface area contributed by atoms with Crippen molar-refractivity contribution in [2.75, 3.05) is 32.9 Å². The highest BCUT2D eigenvalue weighted by molar-refractivity contribution is 5.68. The Bertz CT molecular complexity index is 361. The fraction of sp³-hybridized carbons (Fsp3) is 0.923. The highest BCUT2D eigenvalue weighted by Gasteiger charge is 2.58. The maximum atomic E-state index is 12.0. The van der Waals surface area contributed by atoms with Crippen molar-refractivity contribution in [3.05, 3.63) is 0 Å². The van der Waals surface area contributed by atoms with E-state index in [-0.39, 0.29) is 19.8 Å². The minimum Gasteiger partial charge on any atom is -0.444 e. The third-order valence-electron chi connectivity index (χ3n) is 3.98. The van der Waals surface area contributed by atoms with Crippen molar-refractivity contribution in [1.29, 1.82) is 0 Å². The molecule has 2 saturated heterocycles. The van der Waals surface area contributed by atoms with Gasteiger partial charge in [-0.1, -0.05) is 0 Å². The Balaban J connectivity index is 2.04. The first-order chi connectivity index (χ1) is 8.71. The summed E-state index contributed by atoms with van der Waals surface area (Å²) < 4.78 is 10.4. The molecule has 2 aliphatic rings. The fourth-order valence-electron chi connectivity index (χ4n) is 2.61. The largest absolute Gasteiger partial charge is 0.444 e. The average molecular weight is 273 g/mol. The lowest BCUT2D eigenvalue weighted by atomic mass is 9.70. The van der Waals surface area contributed by atoms with Gasteiger partial charge in [-0.15, -0.1) is 0 Å². The number of amides is 1. The number of nitrogens with zero attached hydrogens (tertiary/aromatic N) is 1. The predicted octanol–water partition coefficient (Wildman–Crippen LogP) is 0.367. The van der Waals surface area contributed by atoms with E-state index in [0.717, 1.165) is 0 Å². The monoisotopic (exact) mass is 273 g/mol. The van der Waals surface area contributed by atoms with Crippen LogP contribution in [-0.2, 0) is 9.47 Å². The van der Waals surface area contributed by atoms with Crippen molar-refractivity contribution in [3.63, 3.8) is 0 Å². The zero-order chi connectivity index (χ0) is 14.3. The number of rotatable bonds is 2. The molecule has 0 aliphatic carbocycles. The van der Waals surface area contributed by atoms with E-state index >= 15 is 0 Å². The topological polar surface area (TPSA) is 79.2 Å². The Labute approximate surface area is 113 Å². The lowest BCUT2D eigenvalue weighted by molar-refractivity contribution is -0.245. The Morgan fingerprint density at radius 3 is 2.47 bits per heavy atom. The fourth-order valence-corrected chi connectivity index (χ4v) is 2.61. The SMILES string of the molecule is CC(C)(C)OC(=O)N1CCC(CO)(C2(O)COC2)C1. The standard InChI is InChI=1S/C13H23NO5/c1-11(2,3)19-10(16)14-5-4-12(6-14,7-15)13(17)8-18-9-13/h15,17H,4-9H2,1-3H3. The summed E-state index contributed by atoms with van der Waals surface area (Å²) in [6, 6.07) is 0. The van der Waals surface area contributed by atoms with E-state index in [1.54, 1.807) is 4.90 Å². The van der Waals surface area contributed by atoms with Crippen LogP contribution in [0.15, 0.2) is 0 Å². The molecule has 0 aromatic rings. The summed E-state index contributed by atoms with van der Waals surface area (Å²) in [4.78, 5) is 13.6. The van der Waals surface area contributed by atoms with Gasteiger partial charge in [0, 0.05) is 18.5 Å². The van der Waals surface area contributed by atoms with E-state index in [1.807, 2.05) is 20.8 Å². The zero-order valence-corrected chi connectivity index (χ0v) is 11.8. The van der Waals surface area contributed by atoms with Crippen LogP contribution in [0.25, 0.3) is 0 Å². The number of hydrogen-bond acceptors (Lipinski definition) is 5. The normalized spacial score (nSPS) is 30.1. The van der Waals surface area contributed by atoms with Crippen LogP contribution in [0.5, 0.6) is 0 Å². The Morgan fingerprint density at radius 2 is 2.05 bits per heavy atom. The number of aliphatic hydroxyl groups is 2. The minimum atomic E-state index is -1.03. The van der Waals surface area contributed by atoms with Gasteiger partial charge in [0.1, 0.15) is 11.2 Å². The highest BCUT2D eigenvalue weighted by atomic mass is 16.6. The van der Waals surface area contributed by atoms with Crippen molar-refractivity contribution in [2.24, 2.45) is 5.41 Å². The van der Waals surface area contributed by atoms with Gasteiger partial charge in [0.25, 0.3) is 0 Å². The van der Waals surface area contributed by atoms with E-state index in [1.165, 1.54) is 0 Å². The van der Waals surface area contributed by atoms with Gasteiger partial charge in [-0.05, 0) is 27.2 Å². The van der Waals surface area contributed by atoms with E-state index in [0.29, 0.717) is 19.5 Å². The molecule has 2 heterocycles. The van der Waals surface area contributed by atoms with Crippen LogP contribution in [0.2, 0.25) is 0 Å². The predicted molar refractivity (Wildman–Crippen MR) is 67.7 cm³/mol. The van der Waals surface area contributed by atoms with Gasteiger partial charge in [0.15, 0.2) is 0 Å². The summed E-state index contributed by atoms with van der Waals surface area (Å²) in [5.41, 5.74) is -2.27. The molecule has 1 unspecified atom stereocenters. The molecule has 2 aliphatic heterocycles. The quantitative estimate of drug-likeness (QED) is 0.760. The van der Waals surface area contributed by atoms with E-state index in [4.69, 9.17) is 9.47 Å². The summed E-state index contributed by atoms with van der Waals surface area (Å²) in [5, 5.41) is 20.1. The maximum absolute atomic E-state index is 12.0. The molecule has 19 heavy (non-hydrogen) atoms. The van der Waals surface area contributed by atoms with Crippen LogP contribution >= 0.6 is 0 Å². The second kappa shape index (κ2) is 4.61. The first-order valence-corrected chi connectivity index (χ1v) is 6.60. The Kier molecular flexibility index (Phi) is 3.53. The molecule has 0 saturated carbocycles. The molecular formula is C13H23NO5. The number of hydrogen-bond donors (Lipinski definition) is 2. The summed E-state index contributed by atoms with van der Waals surface area (Å²) in [5.74, 6) is 0. The molecule has 110 valence electrons. The summed E-state index contributed by atoms with van der Waals surface area (Å²) in [7, 11) is 0. The zero-order valence-electron chi connectivity index (χ0n) is 11.8. The molecule has 2 N–H and O–H groups in total. The molecule has 0 aromatic heterocycles. The molecule has 0 spiro atoms. The van der Waals surface area contributed by atoms with Crippen molar-refractivity contribution in [2.45, 2.75) is 38.4 Å². The van der Waals surface area contributed by atoms with Crippen LogP contribution in [0.4, 0.5) is 4.79 Å². The van der Waals surface area contributed by atoms with Crippen LogP contribution in [-0.4, -0.2) is 65.3 Å². The molecule has 0 bridgehead atoms. The Morgan fingerprint density at radius 1 is 1.42 bits per heavy atom. The van der Waals surface area contributed by atoms with Crippen molar-refractivity contribution >= 4 is 6.09 Å². The van der Waals surface area contributed by atoms with Gasteiger partial charge in [0.2, 0.25) is 0 Å². The minimum absolute atomic E-state index is 0.161. The smallest absolute Gasteiger partial charge is 0.410 e. The summed E-state index contributed by atoms with van der Waals surface area (Å²) >= 11 is 0. The number of carbonyl (C=O) groups is 1. The molecule has 6 heteroatoms. The number of carbonyl (C=O) groups excluding carboxylic acids is 1.